The van der Waals surface area contributed by atoms with E-state index in [0.29, 0.717) is 7.25 Å². The van der Waals surface area contributed by atoms with Crippen LogP contribution in [-0.4, -0.2) is 5.92 Å². The van der Waals surface area contributed by atoms with Crippen LogP contribution in [-0.2, 0) is 31.7 Å². The van der Waals surface area contributed by atoms with Gasteiger partial charge in [-0.1, -0.05) is 0 Å². The van der Waals surface area contributed by atoms with Crippen LogP contribution in [0.25, 0.3) is 33.9 Å². The first-order valence-corrected chi connectivity index (χ1v) is 26.9. The van der Waals surface area contributed by atoms with E-state index in [-0.39, 0.29) is 10.8 Å². The predicted molar refractivity (Wildman–Crippen MR) is 197 cm³/mol. The summed E-state index contributed by atoms with van der Waals surface area (Å²) in [5.74, 6) is -0.923. The van der Waals surface area contributed by atoms with Crippen LogP contribution < -0.4 is 0 Å². The summed E-state index contributed by atoms with van der Waals surface area (Å²) in [4.78, 5) is 0. The zero-order valence-electron chi connectivity index (χ0n) is 29.4. The van der Waals surface area contributed by atoms with E-state index in [4.69, 9.17) is 0 Å². The molecule has 4 aromatic rings. The molecule has 0 N–H and O–H groups in total. The molecule has 0 spiro atoms. The van der Waals surface area contributed by atoms with Crippen molar-refractivity contribution in [2.45, 2.75) is 93.5 Å². The average Bonchev–Trinajstić information content (AvgIpc) is 3.45. The maximum atomic E-state index is 2.67. The van der Waals surface area contributed by atoms with Gasteiger partial charge in [0.2, 0.25) is 0 Å². The molecule has 6 rings (SSSR count). The molecule has 0 aromatic heterocycles. The van der Waals surface area contributed by atoms with Crippen LogP contribution in [0.1, 0.15) is 103 Å². The fourth-order valence-corrected chi connectivity index (χ4v) is 31.3. The second-order valence-electron chi connectivity index (χ2n) is 16.0. The zero-order valence-corrected chi connectivity index (χ0v) is 33.0. The maximum absolute atomic E-state index is 2.67. The topological polar surface area (TPSA) is 0 Å². The molecule has 2 aliphatic carbocycles. The molecule has 0 radical (unpaired) electrons. The van der Waals surface area contributed by atoms with Crippen molar-refractivity contribution in [2.24, 2.45) is 0 Å². The molecule has 2 unspecified atom stereocenters. The van der Waals surface area contributed by atoms with E-state index in [1.807, 2.05) is 0 Å². The van der Waals surface area contributed by atoms with Gasteiger partial charge in [-0.3, -0.25) is 0 Å². The van der Waals surface area contributed by atoms with Gasteiger partial charge in [0, 0.05) is 0 Å². The summed E-state index contributed by atoms with van der Waals surface area (Å²) < 4.78 is 1.30. The van der Waals surface area contributed by atoms with E-state index >= 15 is 0 Å². The van der Waals surface area contributed by atoms with E-state index in [1.165, 1.54) is 50.1 Å². The molecule has 231 valence electrons. The van der Waals surface area contributed by atoms with Gasteiger partial charge in [0.05, 0.1) is 0 Å². The Hall–Kier alpha value is -2.54. The molecule has 0 bridgehead atoms. The summed E-state index contributed by atoms with van der Waals surface area (Å²) >= 11 is -2.12. The minimum absolute atomic E-state index is 0.163. The van der Waals surface area contributed by atoms with Crippen LogP contribution in [0.5, 0.6) is 0 Å². The van der Waals surface area contributed by atoms with Gasteiger partial charge in [-0.2, -0.15) is 0 Å². The number of hydrogen-bond acceptors (Lipinski definition) is 0. The van der Waals surface area contributed by atoms with Crippen molar-refractivity contribution in [1.29, 1.82) is 0 Å². The van der Waals surface area contributed by atoms with E-state index in [9.17, 15) is 0 Å². The van der Waals surface area contributed by atoms with Gasteiger partial charge in [0.1, 0.15) is 0 Å². The first-order chi connectivity index (χ1) is 21.2. The van der Waals surface area contributed by atoms with Crippen LogP contribution in [0.2, 0.25) is 13.1 Å². The molecule has 2 aliphatic rings. The Labute approximate surface area is 282 Å². The van der Waals surface area contributed by atoms with Crippen molar-refractivity contribution >= 4 is 17.6 Å². The SMILES string of the molecule is CC1=Cc2c(-c3ccc(C(C)(C)C)cc3)cccc2[CH]1[Zr]([CH]1C(C)=C(C)c2c(-c3ccc(C(C)(C)C)cc3)cccc21)[SiH](C)C. The molecule has 0 saturated carbocycles. The molecule has 0 fully saturated rings. The number of benzene rings is 4. The number of hydrogen-bond donors (Lipinski definition) is 0. The molecule has 45 heavy (non-hydrogen) atoms. The number of allylic oxidation sites excluding steroid dienone is 3. The first-order valence-electron chi connectivity index (χ1n) is 16.9. The Morgan fingerprint density at radius 3 is 1.58 bits per heavy atom. The fourth-order valence-electron chi connectivity index (χ4n) is 7.93. The van der Waals surface area contributed by atoms with Crippen LogP contribution in [0, 0.1) is 0 Å². The van der Waals surface area contributed by atoms with Crippen molar-refractivity contribution in [1.82, 2.24) is 0 Å². The number of rotatable bonds is 5. The molecule has 0 aliphatic heterocycles. The molecular formula is C43H51SiZr. The van der Waals surface area contributed by atoms with Gasteiger partial charge in [-0.05, 0) is 0 Å². The summed E-state index contributed by atoms with van der Waals surface area (Å²) in [6.45, 7) is 26.5. The van der Waals surface area contributed by atoms with E-state index in [2.05, 4.69) is 166 Å². The Morgan fingerprint density at radius 2 is 1.07 bits per heavy atom. The quantitative estimate of drug-likeness (QED) is 0.183. The Morgan fingerprint density at radius 1 is 0.578 bits per heavy atom. The Bertz CT molecular complexity index is 1800. The average molecular weight is 687 g/mol. The monoisotopic (exact) mass is 685 g/mol. The summed E-state index contributed by atoms with van der Waals surface area (Å²) in [7, 11) is 0. The molecule has 0 saturated heterocycles. The van der Waals surface area contributed by atoms with Crippen molar-refractivity contribution in [2.75, 3.05) is 0 Å². The number of fused-ring (bicyclic) bond motifs is 2. The molecule has 4 aromatic carbocycles. The molecule has 2 atom stereocenters. The second kappa shape index (κ2) is 11.9. The van der Waals surface area contributed by atoms with E-state index in [1.54, 1.807) is 22.3 Å². The fraction of sp³-hybridized carbons (Fsp3) is 0.349. The molecular weight excluding hydrogens is 636 g/mol. The summed E-state index contributed by atoms with van der Waals surface area (Å²) in [6, 6.07) is 33.1. The van der Waals surface area contributed by atoms with Gasteiger partial charge in [0.25, 0.3) is 0 Å². The van der Waals surface area contributed by atoms with Crippen LogP contribution in [0.15, 0.2) is 96.1 Å². The zero-order chi connectivity index (χ0) is 32.4. The summed E-state index contributed by atoms with van der Waals surface area (Å²) in [6.07, 6.45) is 2.57. The van der Waals surface area contributed by atoms with Crippen molar-refractivity contribution < 1.29 is 20.9 Å². The van der Waals surface area contributed by atoms with Gasteiger partial charge in [0.15, 0.2) is 0 Å². The summed E-state index contributed by atoms with van der Waals surface area (Å²) in [5.41, 5.74) is 19.7. The van der Waals surface area contributed by atoms with Crippen LogP contribution in [0.4, 0.5) is 0 Å². The van der Waals surface area contributed by atoms with Gasteiger partial charge in [-0.25, -0.2) is 0 Å². The molecule has 0 nitrogen and oxygen atoms in total. The minimum atomic E-state index is -2.12. The third kappa shape index (κ3) is 5.80. The summed E-state index contributed by atoms with van der Waals surface area (Å²) in [5, 5.41) is 0. The van der Waals surface area contributed by atoms with Crippen molar-refractivity contribution in [3.8, 4) is 22.3 Å². The standard InChI is InChI=1S/C21H23.C20H21.C2H7Si.Zr/c1-14-13-17-7-6-8-19(20(17)15(14)2)16-9-11-18(12-10-16)21(3,4)5;1-14-12-16-6-5-7-18(19(16)13-14)15-8-10-17(11-9-15)20(2,3)4;1-3-2;/h6-13H,1-5H3;5-13H,1-4H3;3H,1-2H3;. The third-order valence-corrected chi connectivity index (χ3v) is 32.6. The van der Waals surface area contributed by atoms with Crippen LogP contribution in [0.3, 0.4) is 0 Å². The molecule has 2 heteroatoms. The van der Waals surface area contributed by atoms with Crippen molar-refractivity contribution in [3.63, 3.8) is 0 Å². The second-order valence-corrected chi connectivity index (χ2v) is 36.0. The third-order valence-electron chi connectivity index (χ3n) is 10.5. The predicted octanol–water partition coefficient (Wildman–Crippen LogP) is 12.2. The molecule has 0 heterocycles. The van der Waals surface area contributed by atoms with Crippen LogP contribution >= 0.6 is 0 Å². The Kier molecular flexibility index (Phi) is 8.58. The van der Waals surface area contributed by atoms with Crippen molar-refractivity contribution in [3.05, 3.63) is 129 Å². The van der Waals surface area contributed by atoms with E-state index in [0.717, 1.165) is 0 Å². The Balaban J connectivity index is 1.42. The first kappa shape index (κ1) is 32.4. The molecule has 0 amide bonds. The van der Waals surface area contributed by atoms with Gasteiger partial charge in [-0.15, -0.1) is 0 Å². The van der Waals surface area contributed by atoms with E-state index < -0.39 is 26.8 Å². The normalized spacial score (nSPS) is 17.9. The van der Waals surface area contributed by atoms with Gasteiger partial charge >= 0.3 is 284 Å². The van der Waals surface area contributed by atoms with Gasteiger partial charge < -0.3 is 0 Å².